The fourth-order valence-corrected chi connectivity index (χ4v) is 5.39. The average Bonchev–Trinajstić information content (AvgIpc) is 3.29. The first-order chi connectivity index (χ1) is 15.1. The van der Waals surface area contributed by atoms with Crippen LogP contribution in [0.4, 0.5) is 4.39 Å². The second kappa shape index (κ2) is 10.1. The van der Waals surface area contributed by atoms with Crippen LogP contribution in [0.1, 0.15) is 50.5 Å². The van der Waals surface area contributed by atoms with E-state index in [9.17, 15) is 14.0 Å². The van der Waals surface area contributed by atoms with Gasteiger partial charge in [-0.2, -0.15) is 0 Å². The van der Waals surface area contributed by atoms with Gasteiger partial charge in [0.15, 0.2) is 0 Å². The number of carbonyl (C=O) groups is 2. The summed E-state index contributed by atoms with van der Waals surface area (Å²) < 4.78 is 18.8. The largest absolute Gasteiger partial charge is 0.378 e. The van der Waals surface area contributed by atoms with Crippen molar-refractivity contribution in [3.63, 3.8) is 0 Å². The van der Waals surface area contributed by atoms with E-state index in [1.54, 1.807) is 0 Å². The van der Waals surface area contributed by atoms with Crippen LogP contribution in [0, 0.1) is 5.82 Å². The smallest absolute Gasteiger partial charge is 0.240 e. The van der Waals surface area contributed by atoms with Gasteiger partial charge in [0, 0.05) is 25.0 Å². The number of nitrogens with one attached hydrogen (secondary N) is 1. The van der Waals surface area contributed by atoms with Crippen molar-refractivity contribution in [3.8, 4) is 0 Å². The zero-order valence-electron chi connectivity index (χ0n) is 18.3. The number of rotatable bonds is 6. The van der Waals surface area contributed by atoms with Gasteiger partial charge in [0.2, 0.25) is 11.8 Å². The predicted molar refractivity (Wildman–Crippen MR) is 116 cm³/mol. The Morgan fingerprint density at radius 2 is 1.74 bits per heavy atom. The van der Waals surface area contributed by atoms with Crippen molar-refractivity contribution in [2.45, 2.75) is 56.4 Å². The van der Waals surface area contributed by atoms with Gasteiger partial charge in [-0.05, 0) is 49.9 Å². The van der Waals surface area contributed by atoms with Crippen LogP contribution in [-0.4, -0.2) is 73.6 Å². The Morgan fingerprint density at radius 3 is 2.45 bits per heavy atom. The molecule has 1 N–H and O–H groups in total. The summed E-state index contributed by atoms with van der Waals surface area (Å²) in [5.74, 6) is -0.133. The second-order valence-corrected chi connectivity index (χ2v) is 9.19. The van der Waals surface area contributed by atoms with Crippen molar-refractivity contribution < 1.29 is 18.7 Å². The molecule has 170 valence electrons. The Bertz CT molecular complexity index is 758. The molecule has 3 aliphatic rings. The van der Waals surface area contributed by atoms with Gasteiger partial charge < -0.3 is 15.0 Å². The standard InChI is InChI=1S/C24H34FN3O3/c25-20-8-6-19(7-9-20)24(10-2-3-11-24)18-26-22(29)17-28-12-4-1-5-21(28)23(30)27-13-15-31-16-14-27/h6-9,21H,1-5,10-18H2,(H,26,29). The number of likely N-dealkylation sites (tertiary alicyclic amines) is 1. The maximum atomic E-state index is 13.4. The van der Waals surface area contributed by atoms with Gasteiger partial charge >= 0.3 is 0 Å². The molecule has 1 atom stereocenters. The van der Waals surface area contributed by atoms with Crippen molar-refractivity contribution in [1.29, 1.82) is 0 Å². The van der Waals surface area contributed by atoms with E-state index in [1.807, 2.05) is 17.0 Å². The molecule has 1 aromatic rings. The molecule has 2 saturated heterocycles. The highest BCUT2D eigenvalue weighted by atomic mass is 19.1. The normalized spacial score (nSPS) is 24.2. The molecule has 3 fully saturated rings. The second-order valence-electron chi connectivity index (χ2n) is 9.19. The number of piperidine rings is 1. The maximum Gasteiger partial charge on any atom is 0.240 e. The van der Waals surface area contributed by atoms with Crippen molar-refractivity contribution in [1.82, 2.24) is 15.1 Å². The van der Waals surface area contributed by atoms with Crippen molar-refractivity contribution in [2.24, 2.45) is 0 Å². The first-order valence-corrected chi connectivity index (χ1v) is 11.7. The summed E-state index contributed by atoms with van der Waals surface area (Å²) in [4.78, 5) is 29.9. The molecular formula is C24H34FN3O3. The van der Waals surface area contributed by atoms with E-state index >= 15 is 0 Å². The SMILES string of the molecule is O=C(CN1CCCCC1C(=O)N1CCOCC1)NCC1(c2ccc(F)cc2)CCCC1. The topological polar surface area (TPSA) is 61.9 Å². The minimum Gasteiger partial charge on any atom is -0.378 e. The molecule has 6 nitrogen and oxygen atoms in total. The Kier molecular flexibility index (Phi) is 7.23. The molecule has 1 aliphatic carbocycles. The molecular weight excluding hydrogens is 397 g/mol. The molecule has 1 saturated carbocycles. The number of nitrogens with zero attached hydrogens (tertiary/aromatic N) is 2. The number of halogens is 1. The minimum absolute atomic E-state index is 0.0323. The van der Waals surface area contributed by atoms with E-state index in [0.717, 1.165) is 57.1 Å². The van der Waals surface area contributed by atoms with Crippen LogP contribution < -0.4 is 5.32 Å². The number of amides is 2. The molecule has 1 aromatic carbocycles. The zero-order valence-corrected chi connectivity index (χ0v) is 18.3. The van der Waals surface area contributed by atoms with Crippen LogP contribution in [0.5, 0.6) is 0 Å². The van der Waals surface area contributed by atoms with Crippen molar-refractivity contribution >= 4 is 11.8 Å². The highest BCUT2D eigenvalue weighted by Crippen LogP contribution is 2.40. The first-order valence-electron chi connectivity index (χ1n) is 11.7. The molecule has 4 rings (SSSR count). The predicted octanol–water partition coefficient (Wildman–Crippen LogP) is 2.47. The third-order valence-electron chi connectivity index (χ3n) is 7.21. The lowest BCUT2D eigenvalue weighted by atomic mass is 9.79. The van der Waals surface area contributed by atoms with Crippen molar-refractivity contribution in [3.05, 3.63) is 35.6 Å². The molecule has 7 heteroatoms. The molecule has 2 amide bonds. The fraction of sp³-hybridized carbons (Fsp3) is 0.667. The summed E-state index contributed by atoms with van der Waals surface area (Å²) in [5.41, 5.74) is 0.985. The molecule has 31 heavy (non-hydrogen) atoms. The molecule has 0 spiro atoms. The average molecular weight is 432 g/mol. The first kappa shape index (κ1) is 22.2. The Labute approximate surface area is 184 Å². The summed E-state index contributed by atoms with van der Waals surface area (Å²) in [5, 5.41) is 3.15. The quantitative estimate of drug-likeness (QED) is 0.752. The number of hydrogen-bond donors (Lipinski definition) is 1. The lowest BCUT2D eigenvalue weighted by Gasteiger charge is -2.38. The summed E-state index contributed by atoms with van der Waals surface area (Å²) in [7, 11) is 0. The summed E-state index contributed by atoms with van der Waals surface area (Å²) in [6, 6.07) is 6.51. The highest BCUT2D eigenvalue weighted by molar-refractivity contribution is 5.84. The number of carbonyl (C=O) groups excluding carboxylic acids is 2. The third kappa shape index (κ3) is 5.26. The Hall–Kier alpha value is -1.99. The van der Waals surface area contributed by atoms with E-state index in [4.69, 9.17) is 4.74 Å². The number of ether oxygens (including phenoxy) is 1. The van der Waals surface area contributed by atoms with Crippen LogP contribution >= 0.6 is 0 Å². The van der Waals surface area contributed by atoms with Gasteiger partial charge in [-0.3, -0.25) is 14.5 Å². The summed E-state index contributed by atoms with van der Waals surface area (Å²) in [6.45, 7) is 4.03. The molecule has 0 aromatic heterocycles. The van der Waals surface area contributed by atoms with E-state index < -0.39 is 0 Å². The van der Waals surface area contributed by atoms with Crippen LogP contribution in [0.2, 0.25) is 0 Å². The number of hydrogen-bond acceptors (Lipinski definition) is 4. The van der Waals surface area contributed by atoms with E-state index in [-0.39, 0.29) is 35.6 Å². The minimum atomic E-state index is -0.234. The van der Waals surface area contributed by atoms with Crippen molar-refractivity contribution in [2.75, 3.05) is 45.9 Å². The highest BCUT2D eigenvalue weighted by Gasteiger charge is 2.37. The molecule has 0 radical (unpaired) electrons. The fourth-order valence-electron chi connectivity index (χ4n) is 5.39. The van der Waals surface area contributed by atoms with Gasteiger partial charge in [-0.15, -0.1) is 0 Å². The van der Waals surface area contributed by atoms with E-state index in [2.05, 4.69) is 10.2 Å². The Balaban J connectivity index is 1.36. The lowest BCUT2D eigenvalue weighted by Crippen LogP contribution is -2.55. The third-order valence-corrected chi connectivity index (χ3v) is 7.21. The molecule has 1 unspecified atom stereocenters. The van der Waals surface area contributed by atoms with Crippen LogP contribution in [-0.2, 0) is 19.7 Å². The van der Waals surface area contributed by atoms with Gasteiger partial charge in [0.25, 0.3) is 0 Å². The molecule has 2 heterocycles. The van der Waals surface area contributed by atoms with Crippen LogP contribution in [0.15, 0.2) is 24.3 Å². The van der Waals surface area contributed by atoms with Gasteiger partial charge in [-0.1, -0.05) is 31.4 Å². The Morgan fingerprint density at radius 1 is 1.03 bits per heavy atom. The summed E-state index contributed by atoms with van der Waals surface area (Å²) in [6.07, 6.45) is 7.09. The van der Waals surface area contributed by atoms with Gasteiger partial charge in [0.1, 0.15) is 5.82 Å². The van der Waals surface area contributed by atoms with E-state index in [0.29, 0.717) is 32.8 Å². The number of benzene rings is 1. The number of morpholine rings is 1. The molecule has 0 bridgehead atoms. The van der Waals surface area contributed by atoms with Gasteiger partial charge in [-0.25, -0.2) is 4.39 Å². The monoisotopic (exact) mass is 431 g/mol. The van der Waals surface area contributed by atoms with Crippen LogP contribution in [0.25, 0.3) is 0 Å². The lowest BCUT2D eigenvalue weighted by molar-refractivity contribution is -0.143. The summed E-state index contributed by atoms with van der Waals surface area (Å²) >= 11 is 0. The molecule has 2 aliphatic heterocycles. The maximum absolute atomic E-state index is 13.4. The van der Waals surface area contributed by atoms with E-state index in [1.165, 1.54) is 12.1 Å². The van der Waals surface area contributed by atoms with Gasteiger partial charge in [0.05, 0.1) is 25.8 Å². The van der Waals surface area contributed by atoms with Crippen LogP contribution in [0.3, 0.4) is 0 Å². The zero-order chi connectivity index (χ0) is 21.7.